The van der Waals surface area contributed by atoms with Crippen LogP contribution < -0.4 is 4.90 Å². The van der Waals surface area contributed by atoms with E-state index in [1.54, 1.807) is 23.5 Å². The van der Waals surface area contributed by atoms with E-state index in [-0.39, 0.29) is 16.7 Å². The van der Waals surface area contributed by atoms with Gasteiger partial charge in [-0.1, -0.05) is 17.7 Å². The van der Waals surface area contributed by atoms with Crippen LogP contribution in [0.4, 0.5) is 11.4 Å². The third-order valence-corrected chi connectivity index (χ3v) is 5.96. The number of nitrogens with zero attached hydrogens (tertiary/aromatic N) is 5. The number of nitro benzene ring substituents is 1. The Balaban J connectivity index is 1.44. The van der Waals surface area contributed by atoms with Crippen LogP contribution in [0.25, 0.3) is 10.8 Å². The van der Waals surface area contributed by atoms with E-state index < -0.39 is 0 Å². The number of hydrogen-bond donors (Lipinski definition) is 0. The van der Waals surface area contributed by atoms with E-state index >= 15 is 0 Å². The number of rotatable bonds is 5. The number of anilines is 1. The second kappa shape index (κ2) is 7.86. The Bertz CT molecular complexity index is 970. The van der Waals surface area contributed by atoms with Crippen LogP contribution in [0.5, 0.6) is 0 Å². The van der Waals surface area contributed by atoms with Gasteiger partial charge in [-0.3, -0.25) is 15.0 Å². The van der Waals surface area contributed by atoms with Gasteiger partial charge in [0.05, 0.1) is 15.8 Å². The Labute approximate surface area is 170 Å². The largest absolute Gasteiger partial charge is 0.418 e. The third kappa shape index (κ3) is 3.73. The van der Waals surface area contributed by atoms with E-state index in [4.69, 9.17) is 16.0 Å². The van der Waals surface area contributed by atoms with Gasteiger partial charge in [0.2, 0.25) is 5.89 Å². The molecule has 2 aromatic heterocycles. The van der Waals surface area contributed by atoms with Gasteiger partial charge < -0.3 is 9.32 Å². The van der Waals surface area contributed by atoms with E-state index in [0.717, 1.165) is 18.0 Å². The number of piperazine rings is 1. The number of halogens is 1. The third-order valence-electron chi connectivity index (χ3n) is 4.87. The molecule has 1 aromatic carbocycles. The predicted molar refractivity (Wildman–Crippen MR) is 108 cm³/mol. The highest BCUT2D eigenvalue weighted by Gasteiger charge is 2.28. The summed E-state index contributed by atoms with van der Waals surface area (Å²) >= 11 is 7.48. The summed E-state index contributed by atoms with van der Waals surface area (Å²) in [5.41, 5.74) is 0.631. The topological polar surface area (TPSA) is 88.5 Å². The van der Waals surface area contributed by atoms with Crippen molar-refractivity contribution in [2.24, 2.45) is 0 Å². The summed E-state index contributed by atoms with van der Waals surface area (Å²) < 4.78 is 5.85. The van der Waals surface area contributed by atoms with Crippen molar-refractivity contribution in [3.63, 3.8) is 0 Å². The molecule has 146 valence electrons. The normalized spacial score (nSPS) is 16.3. The summed E-state index contributed by atoms with van der Waals surface area (Å²) in [6.45, 7) is 4.83. The average Bonchev–Trinajstić information content (AvgIpc) is 3.39. The standard InChI is InChI=1S/C18H18ClN5O3S/c1-12(17-20-21-18(27-17)16-3-2-10-28-16)22-6-8-23(9-7-22)14-5-4-13(19)11-15(14)24(25)26/h2-5,10-12H,6-9H2,1H3/t12-/m1/s1. The van der Waals surface area contributed by atoms with Crippen LogP contribution in [0.15, 0.2) is 40.1 Å². The van der Waals surface area contributed by atoms with Gasteiger partial charge in [0.1, 0.15) is 5.69 Å². The van der Waals surface area contributed by atoms with Crippen molar-refractivity contribution in [3.8, 4) is 10.8 Å². The Hall–Kier alpha value is -2.49. The molecule has 0 saturated carbocycles. The number of hydrogen-bond acceptors (Lipinski definition) is 8. The van der Waals surface area contributed by atoms with Crippen LogP contribution >= 0.6 is 22.9 Å². The first-order chi connectivity index (χ1) is 13.5. The lowest BCUT2D eigenvalue weighted by Crippen LogP contribution is -2.47. The Morgan fingerprint density at radius 1 is 1.25 bits per heavy atom. The van der Waals surface area contributed by atoms with Crippen LogP contribution in [-0.2, 0) is 0 Å². The highest BCUT2D eigenvalue weighted by atomic mass is 35.5. The maximum absolute atomic E-state index is 11.4. The molecule has 0 bridgehead atoms. The maximum Gasteiger partial charge on any atom is 0.294 e. The van der Waals surface area contributed by atoms with Gasteiger partial charge in [-0.25, -0.2) is 0 Å². The molecule has 0 radical (unpaired) electrons. The van der Waals surface area contributed by atoms with Gasteiger partial charge in [-0.15, -0.1) is 21.5 Å². The zero-order chi connectivity index (χ0) is 19.7. The van der Waals surface area contributed by atoms with Crippen LogP contribution in [0.2, 0.25) is 5.02 Å². The fourth-order valence-electron chi connectivity index (χ4n) is 3.32. The molecule has 0 amide bonds. The second-order valence-corrected chi connectivity index (χ2v) is 7.90. The van der Waals surface area contributed by atoms with Crippen molar-refractivity contribution in [1.29, 1.82) is 0 Å². The van der Waals surface area contributed by atoms with Crippen molar-refractivity contribution in [1.82, 2.24) is 15.1 Å². The van der Waals surface area contributed by atoms with Crippen LogP contribution in [-0.4, -0.2) is 46.2 Å². The molecule has 1 aliphatic heterocycles. The Kier molecular flexibility index (Phi) is 5.29. The zero-order valence-corrected chi connectivity index (χ0v) is 16.7. The molecule has 0 spiro atoms. The Morgan fingerprint density at radius 3 is 2.71 bits per heavy atom. The molecule has 0 unspecified atom stereocenters. The van der Waals surface area contributed by atoms with Crippen molar-refractivity contribution in [3.05, 3.63) is 56.7 Å². The molecule has 10 heteroatoms. The van der Waals surface area contributed by atoms with Gasteiger partial charge in [0.15, 0.2) is 0 Å². The minimum Gasteiger partial charge on any atom is -0.418 e. The molecule has 1 saturated heterocycles. The molecule has 1 fully saturated rings. The number of benzene rings is 1. The summed E-state index contributed by atoms with van der Waals surface area (Å²) in [7, 11) is 0. The minimum absolute atomic E-state index is 0.0245. The molecule has 3 heterocycles. The highest BCUT2D eigenvalue weighted by molar-refractivity contribution is 7.13. The SMILES string of the molecule is C[C@H](c1nnc(-c2cccs2)o1)N1CCN(c2ccc(Cl)cc2[N+](=O)[O-])CC1. The summed E-state index contributed by atoms with van der Waals surface area (Å²) in [6, 6.07) is 8.67. The molecule has 0 aliphatic carbocycles. The molecule has 4 rings (SSSR count). The zero-order valence-electron chi connectivity index (χ0n) is 15.1. The monoisotopic (exact) mass is 419 g/mol. The first-order valence-corrected chi connectivity index (χ1v) is 10.1. The molecular formula is C18H18ClN5O3S. The minimum atomic E-state index is -0.388. The van der Waals surface area contributed by atoms with E-state index in [0.29, 0.717) is 35.6 Å². The van der Waals surface area contributed by atoms with Gasteiger partial charge >= 0.3 is 0 Å². The lowest BCUT2D eigenvalue weighted by molar-refractivity contribution is -0.384. The van der Waals surface area contributed by atoms with Crippen molar-refractivity contribution in [2.75, 3.05) is 31.1 Å². The summed E-state index contributed by atoms with van der Waals surface area (Å²) in [5.74, 6) is 1.11. The van der Waals surface area contributed by atoms with Crippen LogP contribution in [0.1, 0.15) is 18.9 Å². The lowest BCUT2D eigenvalue weighted by atomic mass is 10.2. The van der Waals surface area contributed by atoms with Crippen molar-refractivity contribution in [2.45, 2.75) is 13.0 Å². The quantitative estimate of drug-likeness (QED) is 0.451. The highest BCUT2D eigenvalue weighted by Crippen LogP contribution is 2.33. The predicted octanol–water partition coefficient (Wildman–Crippen LogP) is 4.24. The fourth-order valence-corrected chi connectivity index (χ4v) is 4.13. The molecular weight excluding hydrogens is 402 g/mol. The molecule has 1 aliphatic rings. The van der Waals surface area contributed by atoms with Gasteiger partial charge in [0.25, 0.3) is 11.6 Å². The molecule has 28 heavy (non-hydrogen) atoms. The number of aromatic nitrogens is 2. The van der Waals surface area contributed by atoms with E-state index in [1.807, 2.05) is 29.3 Å². The molecule has 8 nitrogen and oxygen atoms in total. The van der Waals surface area contributed by atoms with Gasteiger partial charge in [0, 0.05) is 37.3 Å². The molecule has 3 aromatic rings. The van der Waals surface area contributed by atoms with Gasteiger partial charge in [-0.2, -0.15) is 0 Å². The fraction of sp³-hybridized carbons (Fsp3) is 0.333. The summed E-state index contributed by atoms with van der Waals surface area (Å²) in [4.78, 5) is 16.2. The molecule has 1 atom stereocenters. The average molecular weight is 420 g/mol. The number of thiophene rings is 1. The Morgan fingerprint density at radius 2 is 2.04 bits per heavy atom. The van der Waals surface area contributed by atoms with Crippen molar-refractivity contribution < 1.29 is 9.34 Å². The van der Waals surface area contributed by atoms with Crippen LogP contribution in [0, 0.1) is 10.1 Å². The van der Waals surface area contributed by atoms with Crippen LogP contribution in [0.3, 0.4) is 0 Å². The van der Waals surface area contributed by atoms with E-state index in [9.17, 15) is 10.1 Å². The summed E-state index contributed by atoms with van der Waals surface area (Å²) in [6.07, 6.45) is 0. The summed E-state index contributed by atoms with van der Waals surface area (Å²) in [5, 5.41) is 22.0. The van der Waals surface area contributed by atoms with E-state index in [2.05, 4.69) is 15.1 Å². The first-order valence-electron chi connectivity index (χ1n) is 8.83. The van der Waals surface area contributed by atoms with E-state index in [1.165, 1.54) is 6.07 Å². The first kappa shape index (κ1) is 18.9. The van der Waals surface area contributed by atoms with Gasteiger partial charge in [-0.05, 0) is 30.5 Å². The second-order valence-electron chi connectivity index (χ2n) is 6.51. The lowest BCUT2D eigenvalue weighted by Gasteiger charge is -2.37. The smallest absolute Gasteiger partial charge is 0.294 e. The molecule has 0 N–H and O–H groups in total. The van der Waals surface area contributed by atoms with Crippen molar-refractivity contribution >= 4 is 34.3 Å². The number of nitro groups is 1. The maximum atomic E-state index is 11.4.